The molecule has 2 rings (SSSR count). The van der Waals surface area contributed by atoms with Gasteiger partial charge in [0, 0.05) is 39.3 Å². The van der Waals surface area contributed by atoms with Gasteiger partial charge in [0.1, 0.15) is 5.60 Å². The van der Waals surface area contributed by atoms with Crippen molar-refractivity contribution in [3.63, 3.8) is 0 Å². The first kappa shape index (κ1) is 18.8. The lowest BCUT2D eigenvalue weighted by Gasteiger charge is -2.40. The molecule has 8 heteroatoms. The Morgan fingerprint density at radius 1 is 1.33 bits per heavy atom. The third kappa shape index (κ3) is 6.52. The number of ether oxygens (including phenoxy) is 2. The molecule has 0 aliphatic carbocycles. The first-order valence-corrected chi connectivity index (χ1v) is 8.68. The summed E-state index contributed by atoms with van der Waals surface area (Å²) in [6.07, 6.45) is 0.707. The highest BCUT2D eigenvalue weighted by Crippen LogP contribution is 2.14. The second-order valence-corrected chi connectivity index (χ2v) is 7.30. The Balaban J connectivity index is 1.56. The van der Waals surface area contributed by atoms with Crippen molar-refractivity contribution in [2.24, 2.45) is 10.7 Å². The number of nitrogens with one attached hydrogen (secondary N) is 1. The van der Waals surface area contributed by atoms with Gasteiger partial charge in [0.2, 0.25) is 0 Å². The minimum atomic E-state index is -0.462. The molecule has 2 fully saturated rings. The number of nitrogens with two attached hydrogens (primary N) is 1. The Labute approximate surface area is 144 Å². The summed E-state index contributed by atoms with van der Waals surface area (Å²) >= 11 is 0. The van der Waals surface area contributed by atoms with Gasteiger partial charge in [-0.2, -0.15) is 0 Å². The third-order valence-electron chi connectivity index (χ3n) is 3.90. The molecule has 0 unspecified atom stereocenters. The Bertz CT molecular complexity index is 437. The van der Waals surface area contributed by atoms with Gasteiger partial charge in [0.25, 0.3) is 0 Å². The van der Waals surface area contributed by atoms with Crippen LogP contribution < -0.4 is 11.1 Å². The van der Waals surface area contributed by atoms with E-state index in [0.717, 1.165) is 39.3 Å². The van der Waals surface area contributed by atoms with Crippen molar-refractivity contribution in [3.05, 3.63) is 0 Å². The van der Waals surface area contributed by atoms with E-state index < -0.39 is 5.60 Å². The second kappa shape index (κ2) is 8.53. The van der Waals surface area contributed by atoms with Crippen LogP contribution in [0.4, 0.5) is 4.79 Å². The molecule has 0 radical (unpaired) electrons. The molecule has 0 aromatic heterocycles. The van der Waals surface area contributed by atoms with Gasteiger partial charge in [-0.3, -0.25) is 9.89 Å². The predicted octanol–water partition coefficient (Wildman–Crippen LogP) is 0.232. The summed E-state index contributed by atoms with van der Waals surface area (Å²) in [4.78, 5) is 20.2. The molecule has 0 saturated carbocycles. The van der Waals surface area contributed by atoms with Crippen molar-refractivity contribution in [3.8, 4) is 0 Å². The van der Waals surface area contributed by atoms with Crippen LogP contribution in [0.25, 0.3) is 0 Å². The van der Waals surface area contributed by atoms with Gasteiger partial charge in [-0.25, -0.2) is 4.79 Å². The maximum Gasteiger partial charge on any atom is 0.410 e. The number of rotatable bonds is 5. The number of likely N-dealkylation sites (tertiary alicyclic amines) is 1. The molecular formula is C16H31N5O3. The van der Waals surface area contributed by atoms with Crippen molar-refractivity contribution in [2.75, 3.05) is 52.5 Å². The van der Waals surface area contributed by atoms with Gasteiger partial charge in [-0.15, -0.1) is 0 Å². The van der Waals surface area contributed by atoms with Gasteiger partial charge in [-0.1, -0.05) is 0 Å². The number of carbonyl (C=O) groups excluding carboxylic acids is 1. The summed E-state index contributed by atoms with van der Waals surface area (Å²) < 4.78 is 10.6. The summed E-state index contributed by atoms with van der Waals surface area (Å²) in [6, 6.07) is 0.153. The second-order valence-electron chi connectivity index (χ2n) is 7.30. The summed E-state index contributed by atoms with van der Waals surface area (Å²) in [5, 5.41) is 3.15. The SMILES string of the molecule is CC(C)(C)OC(=O)N1CC(NC(N)=NCCCN2CCOCC2)C1. The van der Waals surface area contributed by atoms with Gasteiger partial charge in [-0.05, 0) is 27.2 Å². The Morgan fingerprint density at radius 3 is 2.62 bits per heavy atom. The molecule has 0 bridgehead atoms. The fraction of sp³-hybridized carbons (Fsp3) is 0.875. The van der Waals surface area contributed by atoms with Crippen LogP contribution in [-0.2, 0) is 9.47 Å². The lowest BCUT2D eigenvalue weighted by atomic mass is 10.1. The normalized spacial score (nSPS) is 20.6. The van der Waals surface area contributed by atoms with Crippen LogP contribution in [0.15, 0.2) is 4.99 Å². The number of morpholine rings is 1. The molecule has 2 heterocycles. The molecular weight excluding hydrogens is 310 g/mol. The van der Waals surface area contributed by atoms with E-state index in [1.54, 1.807) is 4.90 Å². The van der Waals surface area contributed by atoms with Gasteiger partial charge >= 0.3 is 6.09 Å². The fourth-order valence-electron chi connectivity index (χ4n) is 2.62. The van der Waals surface area contributed by atoms with Crippen molar-refractivity contribution in [2.45, 2.75) is 38.8 Å². The minimum absolute atomic E-state index is 0.153. The molecule has 1 amide bonds. The lowest BCUT2D eigenvalue weighted by molar-refractivity contribution is 0.00706. The number of nitrogens with zero attached hydrogens (tertiary/aromatic N) is 3. The van der Waals surface area contributed by atoms with Crippen LogP contribution in [0.2, 0.25) is 0 Å². The zero-order valence-electron chi connectivity index (χ0n) is 15.1. The molecule has 2 saturated heterocycles. The zero-order chi connectivity index (χ0) is 17.6. The van der Waals surface area contributed by atoms with Crippen molar-refractivity contribution in [1.29, 1.82) is 0 Å². The average molecular weight is 341 g/mol. The molecule has 2 aliphatic rings. The number of guanidine groups is 1. The molecule has 8 nitrogen and oxygen atoms in total. The van der Waals surface area contributed by atoms with Gasteiger partial charge in [0.15, 0.2) is 5.96 Å². The smallest absolute Gasteiger partial charge is 0.410 e. The van der Waals surface area contributed by atoms with E-state index >= 15 is 0 Å². The van der Waals surface area contributed by atoms with Crippen LogP contribution >= 0.6 is 0 Å². The van der Waals surface area contributed by atoms with E-state index in [9.17, 15) is 4.79 Å². The lowest BCUT2D eigenvalue weighted by Crippen LogP contribution is -2.62. The van der Waals surface area contributed by atoms with E-state index in [1.165, 1.54) is 0 Å². The van der Waals surface area contributed by atoms with Gasteiger partial charge < -0.3 is 25.4 Å². The monoisotopic (exact) mass is 341 g/mol. The average Bonchev–Trinajstić information content (AvgIpc) is 2.46. The van der Waals surface area contributed by atoms with Crippen molar-refractivity contribution < 1.29 is 14.3 Å². The van der Waals surface area contributed by atoms with Crippen LogP contribution in [0.3, 0.4) is 0 Å². The third-order valence-corrected chi connectivity index (χ3v) is 3.90. The molecule has 0 aromatic carbocycles. The van der Waals surface area contributed by atoms with E-state index in [-0.39, 0.29) is 12.1 Å². The summed E-state index contributed by atoms with van der Waals surface area (Å²) in [7, 11) is 0. The van der Waals surface area contributed by atoms with Crippen LogP contribution in [0.1, 0.15) is 27.2 Å². The number of aliphatic imine (C=N–C) groups is 1. The standard InChI is InChI=1S/C16H31N5O3/c1-16(2,3)24-15(22)21-11-13(12-21)19-14(17)18-5-4-6-20-7-9-23-10-8-20/h13H,4-12H2,1-3H3,(H3,17,18,19). The topological polar surface area (TPSA) is 92.4 Å². The number of hydrogen-bond acceptors (Lipinski definition) is 5. The van der Waals surface area contributed by atoms with Crippen molar-refractivity contribution >= 4 is 12.1 Å². The first-order valence-electron chi connectivity index (χ1n) is 8.68. The van der Waals surface area contributed by atoms with E-state index in [1.807, 2.05) is 20.8 Å². The van der Waals surface area contributed by atoms with E-state index in [4.69, 9.17) is 15.2 Å². The van der Waals surface area contributed by atoms with Gasteiger partial charge in [0.05, 0.1) is 19.3 Å². The van der Waals surface area contributed by atoms with E-state index in [2.05, 4.69) is 15.2 Å². The van der Waals surface area contributed by atoms with Crippen LogP contribution in [0, 0.1) is 0 Å². The molecule has 24 heavy (non-hydrogen) atoms. The molecule has 2 aliphatic heterocycles. The molecule has 0 atom stereocenters. The molecule has 138 valence electrons. The predicted molar refractivity (Wildman–Crippen MR) is 93.1 cm³/mol. The summed E-state index contributed by atoms with van der Waals surface area (Å²) in [6.45, 7) is 12.2. The summed E-state index contributed by atoms with van der Waals surface area (Å²) in [5.41, 5.74) is 5.44. The number of hydrogen-bond donors (Lipinski definition) is 2. The quantitative estimate of drug-likeness (QED) is 0.423. The fourth-order valence-corrected chi connectivity index (χ4v) is 2.62. The highest BCUT2D eigenvalue weighted by atomic mass is 16.6. The maximum atomic E-state index is 11.8. The first-order chi connectivity index (χ1) is 11.3. The van der Waals surface area contributed by atoms with Crippen molar-refractivity contribution in [1.82, 2.24) is 15.1 Å². The zero-order valence-corrected chi connectivity index (χ0v) is 15.1. The van der Waals surface area contributed by atoms with Crippen LogP contribution in [-0.4, -0.2) is 86.0 Å². The Morgan fingerprint density at radius 2 is 2.00 bits per heavy atom. The largest absolute Gasteiger partial charge is 0.444 e. The summed E-state index contributed by atoms with van der Waals surface area (Å²) in [5.74, 6) is 0.450. The molecule has 0 aromatic rings. The minimum Gasteiger partial charge on any atom is -0.444 e. The maximum absolute atomic E-state index is 11.8. The Kier molecular flexibility index (Phi) is 6.68. The van der Waals surface area contributed by atoms with E-state index in [0.29, 0.717) is 25.6 Å². The van der Waals surface area contributed by atoms with Crippen LogP contribution in [0.5, 0.6) is 0 Å². The number of amides is 1. The molecule has 3 N–H and O–H groups in total. The number of carbonyl (C=O) groups is 1. The highest BCUT2D eigenvalue weighted by molar-refractivity contribution is 5.78. The Hall–Kier alpha value is -1.54. The highest BCUT2D eigenvalue weighted by Gasteiger charge is 2.33. The molecule has 0 spiro atoms.